The average molecular weight is 294 g/mol. The molecule has 0 unspecified atom stereocenters. The summed E-state index contributed by atoms with van der Waals surface area (Å²) in [5.41, 5.74) is 2.01. The van der Waals surface area contributed by atoms with Crippen molar-refractivity contribution in [1.29, 1.82) is 0 Å². The first kappa shape index (κ1) is 15.6. The molecule has 0 radical (unpaired) electrons. The van der Waals surface area contributed by atoms with E-state index >= 15 is 0 Å². The van der Waals surface area contributed by atoms with Gasteiger partial charge < -0.3 is 5.11 Å². The Labute approximate surface area is 123 Å². The van der Waals surface area contributed by atoms with E-state index in [2.05, 4.69) is 5.10 Å². The number of hydrogen-bond donors (Lipinski definition) is 1. The summed E-state index contributed by atoms with van der Waals surface area (Å²) >= 11 is 0. The lowest BCUT2D eigenvalue weighted by Crippen LogP contribution is -2.24. The van der Waals surface area contributed by atoms with Crippen molar-refractivity contribution in [1.82, 2.24) is 9.78 Å². The molecular formula is C16H20F2N2O. The van der Waals surface area contributed by atoms with E-state index in [9.17, 15) is 13.9 Å². The van der Waals surface area contributed by atoms with Gasteiger partial charge in [0.05, 0.1) is 23.5 Å². The molecule has 0 saturated carbocycles. The molecule has 0 aliphatic rings. The molecule has 2 rings (SSSR count). The summed E-state index contributed by atoms with van der Waals surface area (Å²) < 4.78 is 28.7. The number of hydrogen-bond acceptors (Lipinski definition) is 2. The lowest BCUT2D eigenvalue weighted by molar-refractivity contribution is 0.199. The quantitative estimate of drug-likeness (QED) is 0.911. The first-order valence-corrected chi connectivity index (χ1v) is 6.85. The minimum atomic E-state index is -0.909. The molecular weight excluding hydrogens is 274 g/mol. The third-order valence-corrected chi connectivity index (χ3v) is 3.41. The second-order valence-electron chi connectivity index (χ2n) is 6.29. The molecule has 3 nitrogen and oxygen atoms in total. The zero-order valence-electron chi connectivity index (χ0n) is 12.9. The molecule has 0 fully saturated rings. The third-order valence-electron chi connectivity index (χ3n) is 3.41. The van der Waals surface area contributed by atoms with Crippen molar-refractivity contribution in [2.24, 2.45) is 0 Å². The topological polar surface area (TPSA) is 38.1 Å². The summed E-state index contributed by atoms with van der Waals surface area (Å²) in [7, 11) is 0. The van der Waals surface area contributed by atoms with E-state index in [1.165, 1.54) is 0 Å². The number of aliphatic hydroxyl groups is 1. The first-order chi connectivity index (χ1) is 9.62. The standard InChI is InChI=1S/C16H20F2N2O/c1-9-6-13(17)14(18)7-11(9)15-12(10(2)21)8-19-20(15)16(3,4)5/h6-8,10,21H,1-5H3/t10-/m0/s1. The Morgan fingerprint density at radius 3 is 2.29 bits per heavy atom. The van der Waals surface area contributed by atoms with Crippen LogP contribution in [0.4, 0.5) is 8.78 Å². The molecule has 114 valence electrons. The fraction of sp³-hybridized carbons (Fsp3) is 0.438. The van der Waals surface area contributed by atoms with E-state index in [4.69, 9.17) is 0 Å². The van der Waals surface area contributed by atoms with Crippen LogP contribution in [-0.4, -0.2) is 14.9 Å². The van der Waals surface area contributed by atoms with Crippen LogP contribution in [0.1, 0.15) is 44.9 Å². The fourth-order valence-electron chi connectivity index (χ4n) is 2.35. The van der Waals surface area contributed by atoms with Gasteiger partial charge in [-0.1, -0.05) is 0 Å². The van der Waals surface area contributed by atoms with Gasteiger partial charge in [-0.05, 0) is 52.3 Å². The SMILES string of the molecule is Cc1cc(F)c(F)cc1-c1c([C@H](C)O)cnn1C(C)(C)C. The maximum absolute atomic E-state index is 13.6. The second kappa shape index (κ2) is 5.22. The highest BCUT2D eigenvalue weighted by Gasteiger charge is 2.25. The molecule has 0 amide bonds. The van der Waals surface area contributed by atoms with Gasteiger partial charge in [0.25, 0.3) is 0 Å². The molecule has 0 bridgehead atoms. The van der Waals surface area contributed by atoms with Crippen molar-refractivity contribution in [2.45, 2.75) is 46.3 Å². The number of aliphatic hydroxyl groups excluding tert-OH is 1. The molecule has 1 heterocycles. The zero-order valence-corrected chi connectivity index (χ0v) is 12.9. The van der Waals surface area contributed by atoms with E-state index in [-0.39, 0.29) is 5.54 Å². The Kier molecular flexibility index (Phi) is 3.89. The van der Waals surface area contributed by atoms with Gasteiger partial charge >= 0.3 is 0 Å². The molecule has 0 aliphatic carbocycles. The average Bonchev–Trinajstić information content (AvgIpc) is 2.78. The Morgan fingerprint density at radius 2 is 1.76 bits per heavy atom. The molecule has 1 N–H and O–H groups in total. The Morgan fingerprint density at radius 1 is 1.19 bits per heavy atom. The summed E-state index contributed by atoms with van der Waals surface area (Å²) in [5, 5.41) is 14.3. The van der Waals surface area contributed by atoms with E-state index in [0.29, 0.717) is 22.4 Å². The lowest BCUT2D eigenvalue weighted by atomic mass is 9.98. The van der Waals surface area contributed by atoms with E-state index in [1.54, 1.807) is 24.7 Å². The van der Waals surface area contributed by atoms with Gasteiger partial charge in [0.15, 0.2) is 11.6 Å². The molecule has 21 heavy (non-hydrogen) atoms. The number of aromatic nitrogens is 2. The highest BCUT2D eigenvalue weighted by atomic mass is 19.2. The van der Waals surface area contributed by atoms with E-state index in [0.717, 1.165) is 12.1 Å². The molecule has 2 aromatic rings. The molecule has 0 aliphatic heterocycles. The van der Waals surface area contributed by atoms with Gasteiger partial charge in [0.1, 0.15) is 0 Å². The van der Waals surface area contributed by atoms with Gasteiger partial charge in [0.2, 0.25) is 0 Å². The maximum atomic E-state index is 13.6. The van der Waals surface area contributed by atoms with Gasteiger partial charge in [0, 0.05) is 11.1 Å². The highest BCUT2D eigenvalue weighted by Crippen LogP contribution is 2.34. The largest absolute Gasteiger partial charge is 0.389 e. The molecule has 1 atom stereocenters. The molecule has 0 spiro atoms. The van der Waals surface area contributed by atoms with Crippen molar-refractivity contribution in [3.05, 3.63) is 41.1 Å². The lowest BCUT2D eigenvalue weighted by Gasteiger charge is -2.24. The van der Waals surface area contributed by atoms with E-state index < -0.39 is 17.7 Å². The molecule has 1 aromatic carbocycles. The fourth-order valence-corrected chi connectivity index (χ4v) is 2.35. The zero-order chi connectivity index (χ0) is 15.9. The number of nitrogens with zero attached hydrogens (tertiary/aromatic N) is 2. The Bertz CT molecular complexity index is 670. The third kappa shape index (κ3) is 2.83. The molecule has 0 saturated heterocycles. The predicted molar refractivity (Wildman–Crippen MR) is 77.9 cm³/mol. The normalized spacial score (nSPS) is 13.5. The highest BCUT2D eigenvalue weighted by molar-refractivity contribution is 5.68. The van der Waals surface area contributed by atoms with Crippen LogP contribution in [0.3, 0.4) is 0 Å². The predicted octanol–water partition coefficient (Wildman–Crippen LogP) is 3.95. The smallest absolute Gasteiger partial charge is 0.159 e. The van der Waals surface area contributed by atoms with Crippen LogP contribution in [0, 0.1) is 18.6 Å². The van der Waals surface area contributed by atoms with Crippen LogP contribution >= 0.6 is 0 Å². The Hall–Kier alpha value is -1.75. The molecule has 5 heteroatoms. The minimum Gasteiger partial charge on any atom is -0.389 e. The van der Waals surface area contributed by atoms with Gasteiger partial charge in [-0.3, -0.25) is 4.68 Å². The van der Waals surface area contributed by atoms with Crippen molar-refractivity contribution < 1.29 is 13.9 Å². The summed E-state index contributed by atoms with van der Waals surface area (Å²) in [6.07, 6.45) is 0.829. The van der Waals surface area contributed by atoms with Gasteiger partial charge in [-0.15, -0.1) is 0 Å². The monoisotopic (exact) mass is 294 g/mol. The summed E-state index contributed by atoms with van der Waals surface area (Å²) in [6.45, 7) is 9.23. The first-order valence-electron chi connectivity index (χ1n) is 6.85. The minimum absolute atomic E-state index is 0.347. The van der Waals surface area contributed by atoms with Crippen LogP contribution in [0.5, 0.6) is 0 Å². The van der Waals surface area contributed by atoms with Crippen molar-refractivity contribution in [2.75, 3.05) is 0 Å². The van der Waals surface area contributed by atoms with Gasteiger partial charge in [-0.25, -0.2) is 8.78 Å². The Balaban J connectivity index is 2.78. The van der Waals surface area contributed by atoms with Gasteiger partial charge in [-0.2, -0.15) is 5.10 Å². The van der Waals surface area contributed by atoms with Crippen LogP contribution < -0.4 is 0 Å². The van der Waals surface area contributed by atoms with Crippen molar-refractivity contribution in [3.63, 3.8) is 0 Å². The van der Waals surface area contributed by atoms with Crippen LogP contribution in [0.2, 0.25) is 0 Å². The van der Waals surface area contributed by atoms with E-state index in [1.807, 2.05) is 20.8 Å². The van der Waals surface area contributed by atoms with Crippen LogP contribution in [-0.2, 0) is 5.54 Å². The number of halogens is 2. The number of aryl methyl sites for hydroxylation is 1. The van der Waals surface area contributed by atoms with Crippen LogP contribution in [0.15, 0.2) is 18.3 Å². The number of benzene rings is 1. The molecule has 1 aromatic heterocycles. The summed E-state index contributed by atoms with van der Waals surface area (Å²) in [6, 6.07) is 2.33. The van der Waals surface area contributed by atoms with Crippen LogP contribution in [0.25, 0.3) is 11.3 Å². The van der Waals surface area contributed by atoms with Crippen molar-refractivity contribution in [3.8, 4) is 11.3 Å². The second-order valence-corrected chi connectivity index (χ2v) is 6.29. The number of rotatable bonds is 2. The summed E-state index contributed by atoms with van der Waals surface area (Å²) in [4.78, 5) is 0. The summed E-state index contributed by atoms with van der Waals surface area (Å²) in [5.74, 6) is -1.79. The maximum Gasteiger partial charge on any atom is 0.159 e. The van der Waals surface area contributed by atoms with Crippen molar-refractivity contribution >= 4 is 0 Å².